The molecule has 1 aromatic rings. The third-order valence-electron chi connectivity index (χ3n) is 1.79. The van der Waals surface area contributed by atoms with Crippen molar-refractivity contribution in [2.24, 2.45) is 0 Å². The number of carbonyl (C=O) groups excluding carboxylic acids is 1. The smallest absolute Gasteiger partial charge is 0.262 e. The van der Waals surface area contributed by atoms with E-state index in [1.54, 1.807) is 6.92 Å². The van der Waals surface area contributed by atoms with E-state index in [0.29, 0.717) is 11.0 Å². The first-order valence-electron chi connectivity index (χ1n) is 4.38. The van der Waals surface area contributed by atoms with Gasteiger partial charge >= 0.3 is 0 Å². The van der Waals surface area contributed by atoms with Crippen molar-refractivity contribution in [2.75, 3.05) is 6.54 Å². The third kappa shape index (κ3) is 3.20. The van der Waals surface area contributed by atoms with E-state index >= 15 is 0 Å². The van der Waals surface area contributed by atoms with E-state index < -0.39 is 9.05 Å². The Morgan fingerprint density at radius 3 is 2.62 bits per heavy atom. The predicted octanol–water partition coefficient (Wildman–Crippen LogP) is 2.13. The fourth-order valence-electron chi connectivity index (χ4n) is 1.09. The topological polar surface area (TPSA) is 63.2 Å². The molecule has 0 spiro atoms. The maximum atomic E-state index is 11.5. The van der Waals surface area contributed by atoms with Crippen LogP contribution in [0.3, 0.4) is 0 Å². The second-order valence-electron chi connectivity index (χ2n) is 2.94. The molecule has 0 fully saturated rings. The Bertz CT molecular complexity index is 515. The minimum atomic E-state index is -3.86. The molecule has 0 atom stereocenters. The average Bonchev–Trinajstić information content (AvgIpc) is 2.16. The fourth-order valence-corrected chi connectivity index (χ4v) is 3.21. The van der Waals surface area contributed by atoms with E-state index in [4.69, 9.17) is 10.7 Å². The summed E-state index contributed by atoms with van der Waals surface area (Å²) in [6.45, 7) is 2.24. The maximum Gasteiger partial charge on any atom is 0.262 e. The quantitative estimate of drug-likeness (QED) is 0.866. The minimum Gasteiger partial charge on any atom is -0.352 e. The van der Waals surface area contributed by atoms with Crippen LogP contribution in [0, 0.1) is 0 Å². The summed E-state index contributed by atoms with van der Waals surface area (Å²) in [5.41, 5.74) is 0.254. The lowest BCUT2D eigenvalue weighted by atomic mass is 10.2. The van der Waals surface area contributed by atoms with Crippen molar-refractivity contribution in [3.05, 3.63) is 28.2 Å². The molecule has 7 heteroatoms. The van der Waals surface area contributed by atoms with E-state index in [-0.39, 0.29) is 16.4 Å². The zero-order chi connectivity index (χ0) is 12.3. The van der Waals surface area contributed by atoms with Crippen molar-refractivity contribution in [3.63, 3.8) is 0 Å². The molecule has 1 rings (SSSR count). The number of nitrogens with one attached hydrogen (secondary N) is 1. The number of hydrogen-bond donors (Lipinski definition) is 1. The summed E-state index contributed by atoms with van der Waals surface area (Å²) in [7, 11) is 1.37. The van der Waals surface area contributed by atoms with Crippen LogP contribution in [0.1, 0.15) is 17.3 Å². The molecule has 1 N–H and O–H groups in total. The lowest BCUT2D eigenvalue weighted by molar-refractivity contribution is 0.0955. The zero-order valence-electron chi connectivity index (χ0n) is 8.33. The second kappa shape index (κ2) is 5.16. The molecule has 0 aliphatic rings. The molecule has 0 saturated carbocycles. The van der Waals surface area contributed by atoms with Gasteiger partial charge in [0.1, 0.15) is 0 Å². The lowest BCUT2D eigenvalue weighted by Gasteiger charge is -2.05. The molecule has 4 nitrogen and oxygen atoms in total. The van der Waals surface area contributed by atoms with Crippen molar-refractivity contribution >= 4 is 41.6 Å². The molecule has 0 aromatic heterocycles. The Balaban J connectivity index is 3.23. The van der Waals surface area contributed by atoms with Crippen LogP contribution in [0.4, 0.5) is 0 Å². The first-order valence-corrected chi connectivity index (χ1v) is 7.49. The van der Waals surface area contributed by atoms with E-state index in [9.17, 15) is 13.2 Å². The van der Waals surface area contributed by atoms with Gasteiger partial charge in [-0.1, -0.05) is 0 Å². The first-order chi connectivity index (χ1) is 7.36. The highest BCUT2D eigenvalue weighted by molar-refractivity contribution is 9.10. The van der Waals surface area contributed by atoms with Gasteiger partial charge in [-0.15, -0.1) is 0 Å². The van der Waals surface area contributed by atoms with Gasteiger partial charge in [0.25, 0.3) is 15.0 Å². The van der Waals surface area contributed by atoms with Crippen LogP contribution in [-0.2, 0) is 9.05 Å². The van der Waals surface area contributed by atoms with E-state index in [0.717, 1.165) is 0 Å². The molecular formula is C9H9BrClNO3S. The van der Waals surface area contributed by atoms with Crippen molar-refractivity contribution in [1.82, 2.24) is 5.32 Å². The highest BCUT2D eigenvalue weighted by Gasteiger charge is 2.17. The van der Waals surface area contributed by atoms with E-state index in [1.807, 2.05) is 0 Å². The van der Waals surface area contributed by atoms with Gasteiger partial charge in [0.05, 0.1) is 4.90 Å². The molecule has 0 radical (unpaired) electrons. The molecule has 1 amide bonds. The first kappa shape index (κ1) is 13.5. The van der Waals surface area contributed by atoms with Gasteiger partial charge in [-0.3, -0.25) is 4.79 Å². The Labute approximate surface area is 107 Å². The van der Waals surface area contributed by atoms with Gasteiger partial charge in [0.15, 0.2) is 0 Å². The van der Waals surface area contributed by atoms with E-state index in [2.05, 4.69) is 21.2 Å². The summed E-state index contributed by atoms with van der Waals surface area (Å²) >= 11 is 3.06. The summed E-state index contributed by atoms with van der Waals surface area (Å²) in [6, 6.07) is 4.22. The van der Waals surface area contributed by atoms with Crippen molar-refractivity contribution in [1.29, 1.82) is 0 Å². The van der Waals surface area contributed by atoms with Gasteiger partial charge < -0.3 is 5.32 Å². The van der Waals surface area contributed by atoms with Gasteiger partial charge in [-0.05, 0) is 41.1 Å². The molecule has 0 bridgehead atoms. The SMILES string of the molecule is CCNC(=O)c1ccc(Br)c(S(=O)(=O)Cl)c1. The number of benzene rings is 1. The van der Waals surface area contributed by atoms with Crippen molar-refractivity contribution in [2.45, 2.75) is 11.8 Å². The summed E-state index contributed by atoms with van der Waals surface area (Å²) in [4.78, 5) is 11.4. The minimum absolute atomic E-state index is 0.113. The number of carbonyl (C=O) groups is 1. The maximum absolute atomic E-state index is 11.5. The Morgan fingerprint density at radius 2 is 2.12 bits per heavy atom. The van der Waals surface area contributed by atoms with Crippen molar-refractivity contribution < 1.29 is 13.2 Å². The van der Waals surface area contributed by atoms with Crippen molar-refractivity contribution in [3.8, 4) is 0 Å². The molecule has 1 aromatic carbocycles. The fraction of sp³-hybridized carbons (Fsp3) is 0.222. The Kier molecular flexibility index (Phi) is 4.35. The predicted molar refractivity (Wildman–Crippen MR) is 65.2 cm³/mol. The number of hydrogen-bond acceptors (Lipinski definition) is 3. The average molecular weight is 327 g/mol. The van der Waals surface area contributed by atoms with Crippen LogP contribution in [0.2, 0.25) is 0 Å². The summed E-state index contributed by atoms with van der Waals surface area (Å²) in [5.74, 6) is -0.337. The highest BCUT2D eigenvalue weighted by atomic mass is 79.9. The summed E-state index contributed by atoms with van der Waals surface area (Å²) in [6.07, 6.45) is 0. The summed E-state index contributed by atoms with van der Waals surface area (Å²) < 4.78 is 22.7. The monoisotopic (exact) mass is 325 g/mol. The Morgan fingerprint density at radius 1 is 1.50 bits per heavy atom. The summed E-state index contributed by atoms with van der Waals surface area (Å²) in [5, 5.41) is 2.57. The molecular weight excluding hydrogens is 318 g/mol. The van der Waals surface area contributed by atoms with Gasteiger partial charge in [-0.25, -0.2) is 8.42 Å². The van der Waals surface area contributed by atoms with Gasteiger partial charge in [-0.2, -0.15) is 0 Å². The third-order valence-corrected chi connectivity index (χ3v) is 4.11. The molecule has 0 unspecified atom stereocenters. The van der Waals surface area contributed by atoms with Crippen LogP contribution in [0.25, 0.3) is 0 Å². The van der Waals surface area contributed by atoms with E-state index in [1.165, 1.54) is 18.2 Å². The number of halogens is 2. The van der Waals surface area contributed by atoms with Crippen LogP contribution in [0.5, 0.6) is 0 Å². The van der Waals surface area contributed by atoms with Gasteiger partial charge in [0.2, 0.25) is 0 Å². The molecule has 0 heterocycles. The zero-order valence-corrected chi connectivity index (χ0v) is 11.5. The van der Waals surface area contributed by atoms with Crippen LogP contribution in [-0.4, -0.2) is 20.9 Å². The molecule has 0 aliphatic carbocycles. The lowest BCUT2D eigenvalue weighted by Crippen LogP contribution is -2.22. The Hall–Kier alpha value is -0.590. The van der Waals surface area contributed by atoms with Crippen LogP contribution >= 0.6 is 26.6 Å². The second-order valence-corrected chi connectivity index (χ2v) is 6.33. The normalized spacial score (nSPS) is 11.2. The molecule has 16 heavy (non-hydrogen) atoms. The number of rotatable bonds is 3. The highest BCUT2D eigenvalue weighted by Crippen LogP contribution is 2.26. The number of amides is 1. The standard InChI is InChI=1S/C9H9BrClNO3S/c1-2-12-9(13)6-3-4-7(10)8(5-6)16(11,14)15/h3-5H,2H2,1H3,(H,12,13). The van der Waals surface area contributed by atoms with Gasteiger partial charge in [0, 0.05) is 27.3 Å². The molecule has 0 saturated heterocycles. The largest absolute Gasteiger partial charge is 0.352 e. The molecule has 0 aliphatic heterocycles. The van der Waals surface area contributed by atoms with Crippen LogP contribution in [0.15, 0.2) is 27.6 Å². The molecule has 88 valence electrons. The van der Waals surface area contributed by atoms with Crippen LogP contribution < -0.4 is 5.32 Å².